The van der Waals surface area contributed by atoms with Crippen LogP contribution in [0.4, 0.5) is 8.78 Å². The first kappa shape index (κ1) is 17.1. The monoisotopic (exact) mass is 317 g/mol. The minimum absolute atomic E-state index is 0.0803. The first-order valence-corrected chi connectivity index (χ1v) is 6.56. The van der Waals surface area contributed by atoms with E-state index in [4.69, 9.17) is 17.0 Å². The van der Waals surface area contributed by atoms with Gasteiger partial charge in [0.2, 0.25) is 0 Å². The summed E-state index contributed by atoms with van der Waals surface area (Å²) >= 11 is 4.99. The van der Waals surface area contributed by atoms with Crippen LogP contribution in [0.5, 0.6) is 11.5 Å². The topological polar surface area (TPSA) is 54.9 Å². The molecule has 0 aliphatic heterocycles. The number of hydrazone groups is 1. The zero-order valence-corrected chi connectivity index (χ0v) is 12.7. The molecule has 5 nitrogen and oxygen atoms in total. The van der Waals surface area contributed by atoms with Crippen molar-refractivity contribution in [1.29, 1.82) is 0 Å². The zero-order chi connectivity index (χ0) is 15.8. The van der Waals surface area contributed by atoms with Gasteiger partial charge in [-0.25, -0.2) is 0 Å². The number of hydrogen-bond acceptors (Lipinski definition) is 4. The summed E-state index contributed by atoms with van der Waals surface area (Å²) < 4.78 is 34.3. The molecule has 0 saturated carbocycles. The maximum Gasteiger partial charge on any atom is 0.387 e. The largest absolute Gasteiger partial charge is 0.493 e. The molecule has 0 aliphatic carbocycles. The number of alkyl halides is 2. The average molecular weight is 317 g/mol. The summed E-state index contributed by atoms with van der Waals surface area (Å²) in [7, 11) is 1.37. The lowest BCUT2D eigenvalue weighted by Gasteiger charge is -2.12. The second kappa shape index (κ2) is 8.35. The van der Waals surface area contributed by atoms with Gasteiger partial charge in [0.1, 0.15) is 0 Å². The van der Waals surface area contributed by atoms with Gasteiger partial charge >= 0.3 is 6.61 Å². The smallest absolute Gasteiger partial charge is 0.387 e. The van der Waals surface area contributed by atoms with Gasteiger partial charge in [-0.15, -0.1) is 0 Å². The standard InChI is InChI=1S/C13H17F2N3O2S/c1-8(2)17-13(21)18-16-7-9-5-4-6-10(19-3)11(9)20-12(14)15/h4-8,12H,1-3H3,(H2,17,18,21)/b16-7-. The Bertz CT molecular complexity index is 510. The Kier molecular flexibility index (Phi) is 6.80. The number of thiocarbonyl (C=S) groups is 1. The van der Waals surface area contributed by atoms with Crippen LogP contribution in [0.1, 0.15) is 19.4 Å². The number of hydrogen-bond donors (Lipinski definition) is 2. The van der Waals surface area contributed by atoms with Crippen molar-refractivity contribution in [2.75, 3.05) is 7.11 Å². The lowest BCUT2D eigenvalue weighted by molar-refractivity contribution is -0.0513. The normalized spacial score (nSPS) is 11.0. The second-order valence-electron chi connectivity index (χ2n) is 4.26. The summed E-state index contributed by atoms with van der Waals surface area (Å²) in [4.78, 5) is 0. The maximum absolute atomic E-state index is 12.4. The van der Waals surface area contributed by atoms with Crippen LogP contribution in [0.3, 0.4) is 0 Å². The molecule has 2 N–H and O–H groups in total. The van der Waals surface area contributed by atoms with Crippen molar-refractivity contribution in [1.82, 2.24) is 10.7 Å². The van der Waals surface area contributed by atoms with Crippen LogP contribution in [-0.2, 0) is 0 Å². The zero-order valence-electron chi connectivity index (χ0n) is 11.9. The predicted octanol–water partition coefficient (Wildman–Crippen LogP) is 2.50. The molecule has 0 aliphatic rings. The molecule has 0 atom stereocenters. The molecule has 116 valence electrons. The molecule has 0 saturated heterocycles. The van der Waals surface area contributed by atoms with E-state index < -0.39 is 6.61 Å². The molecular weight excluding hydrogens is 300 g/mol. The summed E-state index contributed by atoms with van der Waals surface area (Å²) in [5.41, 5.74) is 2.93. The van der Waals surface area contributed by atoms with Crippen LogP contribution in [0.2, 0.25) is 0 Å². The van der Waals surface area contributed by atoms with E-state index in [0.29, 0.717) is 10.7 Å². The van der Waals surface area contributed by atoms with Crippen molar-refractivity contribution < 1.29 is 18.3 Å². The van der Waals surface area contributed by atoms with Crippen molar-refractivity contribution >= 4 is 23.5 Å². The number of nitrogens with zero attached hydrogens (tertiary/aromatic N) is 1. The Hall–Kier alpha value is -1.96. The summed E-state index contributed by atoms with van der Waals surface area (Å²) in [6.45, 7) is 0.896. The van der Waals surface area contributed by atoms with Crippen molar-refractivity contribution in [2.24, 2.45) is 5.10 Å². The van der Waals surface area contributed by atoms with Crippen LogP contribution < -0.4 is 20.2 Å². The minimum Gasteiger partial charge on any atom is -0.493 e. The Morgan fingerprint density at radius 2 is 2.10 bits per heavy atom. The molecule has 0 radical (unpaired) electrons. The first-order chi connectivity index (χ1) is 9.93. The third kappa shape index (κ3) is 5.90. The highest BCUT2D eigenvalue weighted by atomic mass is 32.1. The van der Waals surface area contributed by atoms with E-state index in [-0.39, 0.29) is 17.5 Å². The first-order valence-electron chi connectivity index (χ1n) is 6.15. The molecule has 0 bridgehead atoms. The molecule has 0 heterocycles. The molecule has 1 aromatic carbocycles. The fraction of sp³-hybridized carbons (Fsp3) is 0.385. The summed E-state index contributed by atoms with van der Waals surface area (Å²) in [5.74, 6) is 0.116. The highest BCUT2D eigenvalue weighted by Crippen LogP contribution is 2.31. The summed E-state index contributed by atoms with van der Waals surface area (Å²) in [5, 5.41) is 7.14. The van der Waals surface area contributed by atoms with Gasteiger partial charge in [0.05, 0.1) is 13.3 Å². The molecule has 0 unspecified atom stereocenters. The fourth-order valence-electron chi connectivity index (χ4n) is 1.47. The summed E-state index contributed by atoms with van der Waals surface area (Å²) in [6.07, 6.45) is 1.33. The second-order valence-corrected chi connectivity index (χ2v) is 4.66. The van der Waals surface area contributed by atoms with Gasteiger partial charge < -0.3 is 14.8 Å². The van der Waals surface area contributed by atoms with E-state index in [2.05, 4.69) is 20.6 Å². The number of benzene rings is 1. The lowest BCUT2D eigenvalue weighted by atomic mass is 10.2. The van der Waals surface area contributed by atoms with Crippen molar-refractivity contribution in [2.45, 2.75) is 26.5 Å². The molecule has 1 aromatic rings. The van der Waals surface area contributed by atoms with Gasteiger partial charge in [0.25, 0.3) is 0 Å². The molecule has 21 heavy (non-hydrogen) atoms. The lowest BCUT2D eigenvalue weighted by Crippen LogP contribution is -2.36. The van der Waals surface area contributed by atoms with Crippen molar-refractivity contribution in [3.8, 4) is 11.5 Å². The molecule has 8 heteroatoms. The van der Waals surface area contributed by atoms with Gasteiger partial charge in [0, 0.05) is 11.6 Å². The van der Waals surface area contributed by atoms with E-state index in [9.17, 15) is 8.78 Å². The molecule has 0 spiro atoms. The van der Waals surface area contributed by atoms with E-state index in [1.54, 1.807) is 12.1 Å². The van der Waals surface area contributed by atoms with Gasteiger partial charge in [-0.1, -0.05) is 6.07 Å². The number of ether oxygens (including phenoxy) is 2. The Balaban J connectivity index is 2.84. The minimum atomic E-state index is -2.95. The number of halogens is 2. The quantitative estimate of drug-likeness (QED) is 0.480. The number of nitrogens with one attached hydrogen (secondary N) is 2. The SMILES string of the molecule is COc1cccc(/C=N\NC(=S)NC(C)C)c1OC(F)F. The van der Waals surface area contributed by atoms with Gasteiger partial charge in [-0.05, 0) is 38.2 Å². The third-order valence-corrected chi connectivity index (χ3v) is 2.43. The van der Waals surface area contributed by atoms with E-state index in [1.165, 1.54) is 19.4 Å². The van der Waals surface area contributed by atoms with Gasteiger partial charge in [0.15, 0.2) is 16.6 Å². The predicted molar refractivity (Wildman–Crippen MR) is 81.2 cm³/mol. The van der Waals surface area contributed by atoms with Crippen LogP contribution in [0.15, 0.2) is 23.3 Å². The van der Waals surface area contributed by atoms with Crippen LogP contribution in [0, 0.1) is 0 Å². The number of methoxy groups -OCH3 is 1. The Morgan fingerprint density at radius 1 is 1.38 bits per heavy atom. The molecule has 0 amide bonds. The van der Waals surface area contributed by atoms with Gasteiger partial charge in [-0.2, -0.15) is 13.9 Å². The maximum atomic E-state index is 12.4. The molecule has 0 aromatic heterocycles. The van der Waals surface area contributed by atoms with E-state index >= 15 is 0 Å². The highest BCUT2D eigenvalue weighted by Gasteiger charge is 2.14. The highest BCUT2D eigenvalue weighted by molar-refractivity contribution is 7.80. The van der Waals surface area contributed by atoms with Crippen LogP contribution >= 0.6 is 12.2 Å². The van der Waals surface area contributed by atoms with Crippen molar-refractivity contribution in [3.63, 3.8) is 0 Å². The number of para-hydroxylation sites is 1. The molecule has 1 rings (SSSR count). The van der Waals surface area contributed by atoms with Crippen LogP contribution in [-0.4, -0.2) is 31.1 Å². The third-order valence-electron chi connectivity index (χ3n) is 2.23. The van der Waals surface area contributed by atoms with Crippen molar-refractivity contribution in [3.05, 3.63) is 23.8 Å². The Labute approximate surface area is 127 Å². The van der Waals surface area contributed by atoms with E-state index in [0.717, 1.165) is 0 Å². The fourth-order valence-corrected chi connectivity index (χ4v) is 1.75. The van der Waals surface area contributed by atoms with Gasteiger partial charge in [-0.3, -0.25) is 5.43 Å². The Morgan fingerprint density at radius 3 is 2.67 bits per heavy atom. The van der Waals surface area contributed by atoms with E-state index in [1.807, 2.05) is 13.8 Å². The summed E-state index contributed by atoms with van der Waals surface area (Å²) in [6, 6.07) is 4.90. The van der Waals surface area contributed by atoms with Crippen LogP contribution in [0.25, 0.3) is 0 Å². The number of rotatable bonds is 6. The molecule has 0 fully saturated rings. The average Bonchev–Trinajstić information content (AvgIpc) is 2.39. The molecular formula is C13H17F2N3O2S.